The summed E-state index contributed by atoms with van der Waals surface area (Å²) >= 11 is 0. The summed E-state index contributed by atoms with van der Waals surface area (Å²) < 4.78 is 27.0. The highest BCUT2D eigenvalue weighted by molar-refractivity contribution is 6.01. The standard InChI is InChI=1S/C31H32F2N6O2/c1-20-15-22(11-13-34-20)28-25-16-23(7-9-26(25)36-37-28)29(40)35-24-8-10-27(30(41)39-18-31(32,33)19-39)38(17-24)14-12-21-5-3-2-4-6-21/h2-7,9,11,13,15-16,24,27H,8,10,12,14,17-19H2,1H3,(H,35,40)(H,36,37)/t24-,27+/m1/s1. The van der Waals surface area contributed by atoms with Gasteiger partial charge in [0.1, 0.15) is 5.69 Å². The zero-order valence-electron chi connectivity index (χ0n) is 22.8. The Kier molecular flexibility index (Phi) is 7.25. The summed E-state index contributed by atoms with van der Waals surface area (Å²) in [6.07, 6.45) is 3.53. The van der Waals surface area contributed by atoms with Crippen molar-refractivity contribution in [2.24, 2.45) is 0 Å². The van der Waals surface area contributed by atoms with E-state index in [0.717, 1.165) is 39.8 Å². The summed E-state index contributed by atoms with van der Waals surface area (Å²) in [4.78, 5) is 34.1. The summed E-state index contributed by atoms with van der Waals surface area (Å²) in [5, 5.41) is 11.5. The number of alkyl halides is 2. The predicted molar refractivity (Wildman–Crippen MR) is 152 cm³/mol. The number of hydrogen-bond acceptors (Lipinski definition) is 5. The molecule has 2 saturated heterocycles. The van der Waals surface area contributed by atoms with Crippen molar-refractivity contribution in [2.45, 2.75) is 44.2 Å². The molecule has 0 saturated carbocycles. The molecule has 0 unspecified atom stereocenters. The number of rotatable bonds is 7. The molecule has 41 heavy (non-hydrogen) atoms. The van der Waals surface area contributed by atoms with E-state index in [9.17, 15) is 18.4 Å². The van der Waals surface area contributed by atoms with Crippen molar-refractivity contribution < 1.29 is 18.4 Å². The van der Waals surface area contributed by atoms with Crippen LogP contribution in [0.25, 0.3) is 22.2 Å². The number of pyridine rings is 1. The van der Waals surface area contributed by atoms with Crippen molar-refractivity contribution in [3.05, 3.63) is 83.7 Å². The van der Waals surface area contributed by atoms with E-state index in [1.165, 1.54) is 4.90 Å². The van der Waals surface area contributed by atoms with E-state index >= 15 is 0 Å². The highest BCUT2D eigenvalue weighted by Gasteiger charge is 2.49. The fraction of sp³-hybridized carbons (Fsp3) is 0.355. The van der Waals surface area contributed by atoms with E-state index in [-0.39, 0.29) is 17.9 Å². The number of nitrogens with one attached hydrogen (secondary N) is 2. The van der Waals surface area contributed by atoms with Gasteiger partial charge in [-0.1, -0.05) is 30.3 Å². The topological polar surface area (TPSA) is 94.2 Å². The molecule has 0 radical (unpaired) electrons. The molecular weight excluding hydrogens is 526 g/mol. The second kappa shape index (κ2) is 11.0. The molecule has 2 amide bonds. The van der Waals surface area contributed by atoms with Crippen LogP contribution in [0.3, 0.4) is 0 Å². The molecule has 2 aliphatic rings. The lowest BCUT2D eigenvalue weighted by Crippen LogP contribution is -2.64. The molecule has 2 aromatic heterocycles. The average Bonchev–Trinajstić information content (AvgIpc) is 3.38. The fourth-order valence-electron chi connectivity index (χ4n) is 5.82. The zero-order chi connectivity index (χ0) is 28.6. The van der Waals surface area contributed by atoms with Gasteiger partial charge < -0.3 is 10.2 Å². The fourth-order valence-corrected chi connectivity index (χ4v) is 5.82. The van der Waals surface area contributed by atoms with Gasteiger partial charge >= 0.3 is 0 Å². The molecule has 212 valence electrons. The van der Waals surface area contributed by atoms with Crippen LogP contribution >= 0.6 is 0 Å². The smallest absolute Gasteiger partial charge is 0.282 e. The molecule has 6 rings (SSSR count). The maximum atomic E-state index is 13.5. The van der Waals surface area contributed by atoms with Crippen molar-refractivity contribution in [2.75, 3.05) is 26.2 Å². The van der Waals surface area contributed by atoms with Gasteiger partial charge in [-0.15, -0.1) is 0 Å². The van der Waals surface area contributed by atoms with Crippen LogP contribution in [0.5, 0.6) is 0 Å². The van der Waals surface area contributed by atoms with Crippen LogP contribution in [0.2, 0.25) is 0 Å². The number of fused-ring (bicyclic) bond motifs is 1. The minimum Gasteiger partial charge on any atom is -0.348 e. The first-order valence-corrected chi connectivity index (χ1v) is 13.9. The molecule has 2 N–H and O–H groups in total. The maximum absolute atomic E-state index is 13.5. The third-order valence-electron chi connectivity index (χ3n) is 7.99. The highest BCUT2D eigenvalue weighted by atomic mass is 19.3. The van der Waals surface area contributed by atoms with Crippen molar-refractivity contribution in [3.63, 3.8) is 0 Å². The Bertz CT molecular complexity index is 1570. The van der Waals surface area contributed by atoms with E-state index in [2.05, 4.69) is 20.5 Å². The Hall–Kier alpha value is -4.18. The van der Waals surface area contributed by atoms with Crippen molar-refractivity contribution in [1.29, 1.82) is 0 Å². The van der Waals surface area contributed by atoms with Gasteiger partial charge in [-0.3, -0.25) is 24.6 Å². The number of likely N-dealkylation sites (tertiary alicyclic amines) is 2. The van der Waals surface area contributed by atoms with Crippen molar-refractivity contribution in [1.82, 2.24) is 30.3 Å². The number of benzene rings is 2. The molecule has 2 aromatic carbocycles. The van der Waals surface area contributed by atoms with E-state index in [4.69, 9.17) is 0 Å². The minimum absolute atomic E-state index is 0.178. The van der Waals surface area contributed by atoms with Crippen LogP contribution in [0.4, 0.5) is 8.78 Å². The summed E-state index contributed by atoms with van der Waals surface area (Å²) in [7, 11) is 0. The minimum atomic E-state index is -2.80. The number of carbonyl (C=O) groups excluding carboxylic acids is 2. The SMILES string of the molecule is Cc1cc(-c2n[nH]c3ccc(C(=O)N[C@@H]4CC[C@@H](C(=O)N5CC(F)(F)C5)N(CCc5ccccc5)C4)cc23)ccn1. The van der Waals surface area contributed by atoms with E-state index in [1.807, 2.05) is 66.4 Å². The molecule has 2 atom stereocenters. The molecule has 4 aromatic rings. The molecule has 2 fully saturated rings. The number of hydrogen-bond donors (Lipinski definition) is 2. The van der Waals surface area contributed by atoms with E-state index in [0.29, 0.717) is 31.5 Å². The summed E-state index contributed by atoms with van der Waals surface area (Å²) in [6, 6.07) is 18.6. The Balaban J connectivity index is 1.17. The van der Waals surface area contributed by atoms with Gasteiger partial charge in [0.2, 0.25) is 5.91 Å². The van der Waals surface area contributed by atoms with Gasteiger partial charge in [-0.25, -0.2) is 8.78 Å². The number of aromatic amines is 1. The number of aryl methyl sites for hydroxylation is 1. The van der Waals surface area contributed by atoms with E-state index in [1.54, 1.807) is 12.3 Å². The van der Waals surface area contributed by atoms with Gasteiger partial charge in [0.15, 0.2) is 0 Å². The van der Waals surface area contributed by atoms with Crippen molar-refractivity contribution in [3.8, 4) is 11.3 Å². The molecular formula is C31H32F2N6O2. The molecule has 10 heteroatoms. The Labute approximate surface area is 236 Å². The molecule has 8 nitrogen and oxygen atoms in total. The first-order valence-electron chi connectivity index (χ1n) is 13.9. The number of nitrogens with zero attached hydrogens (tertiary/aromatic N) is 4. The number of aromatic nitrogens is 3. The highest BCUT2D eigenvalue weighted by Crippen LogP contribution is 2.30. The van der Waals surface area contributed by atoms with Gasteiger partial charge in [-0.2, -0.15) is 5.10 Å². The molecule has 4 heterocycles. The van der Waals surface area contributed by atoms with Crippen LogP contribution < -0.4 is 5.32 Å². The number of piperidine rings is 1. The van der Waals surface area contributed by atoms with Gasteiger partial charge in [0.25, 0.3) is 11.8 Å². The van der Waals surface area contributed by atoms with Crippen LogP contribution in [-0.2, 0) is 11.2 Å². The maximum Gasteiger partial charge on any atom is 0.282 e. The molecule has 0 bridgehead atoms. The van der Waals surface area contributed by atoms with Gasteiger partial charge in [0, 0.05) is 47.5 Å². The van der Waals surface area contributed by atoms with Crippen molar-refractivity contribution >= 4 is 22.7 Å². The van der Waals surface area contributed by atoms with Crippen LogP contribution in [-0.4, -0.2) is 81.0 Å². The van der Waals surface area contributed by atoms with Crippen LogP contribution in [0.1, 0.15) is 34.5 Å². The Morgan fingerprint density at radius 1 is 1.07 bits per heavy atom. The first-order chi connectivity index (χ1) is 19.8. The lowest BCUT2D eigenvalue weighted by atomic mass is 9.94. The normalized spacial score (nSPS) is 20.5. The monoisotopic (exact) mass is 558 g/mol. The lowest BCUT2D eigenvalue weighted by Gasteiger charge is -2.45. The average molecular weight is 559 g/mol. The summed E-state index contributed by atoms with van der Waals surface area (Å²) in [5.41, 5.74) is 5.02. The zero-order valence-corrected chi connectivity index (χ0v) is 22.8. The number of H-pyrrole nitrogens is 1. The number of amides is 2. The summed E-state index contributed by atoms with van der Waals surface area (Å²) in [6.45, 7) is 1.93. The van der Waals surface area contributed by atoms with E-state index < -0.39 is 25.1 Å². The number of carbonyl (C=O) groups is 2. The molecule has 2 aliphatic heterocycles. The quantitative estimate of drug-likeness (QED) is 0.354. The number of halogens is 2. The predicted octanol–water partition coefficient (Wildman–Crippen LogP) is 4.22. The third kappa shape index (κ3) is 5.83. The van der Waals surface area contributed by atoms with Crippen LogP contribution in [0.15, 0.2) is 66.9 Å². The molecule has 0 aliphatic carbocycles. The first kappa shape index (κ1) is 27.0. The second-order valence-electron chi connectivity index (χ2n) is 11.1. The van der Waals surface area contributed by atoms with Gasteiger partial charge in [0.05, 0.1) is 24.6 Å². The molecule has 0 spiro atoms. The summed E-state index contributed by atoms with van der Waals surface area (Å²) in [5.74, 6) is -3.26. The third-order valence-corrected chi connectivity index (χ3v) is 7.99. The van der Waals surface area contributed by atoms with Gasteiger partial charge in [-0.05, 0) is 62.1 Å². The lowest BCUT2D eigenvalue weighted by molar-refractivity contribution is -0.171. The van der Waals surface area contributed by atoms with Crippen LogP contribution in [0, 0.1) is 6.92 Å². The largest absolute Gasteiger partial charge is 0.348 e. The Morgan fingerprint density at radius 3 is 2.63 bits per heavy atom. The Morgan fingerprint density at radius 2 is 1.88 bits per heavy atom. The second-order valence-corrected chi connectivity index (χ2v) is 11.1.